The quantitative estimate of drug-likeness (QED) is 0.363. The van der Waals surface area contributed by atoms with Crippen LogP contribution in [0.25, 0.3) is 10.6 Å². The van der Waals surface area contributed by atoms with E-state index in [0.717, 1.165) is 37.2 Å². The molecular formula is C23H28N8O2S. The molecule has 1 atom stereocenters. The predicted octanol–water partition coefficient (Wildman–Crippen LogP) is 3.11. The minimum absolute atomic E-state index is 0.102. The first-order valence-electron chi connectivity index (χ1n) is 11.1. The summed E-state index contributed by atoms with van der Waals surface area (Å²) in [5.41, 5.74) is 15.4. The fraction of sp³-hybridized carbons (Fsp3) is 0.304. The minimum Gasteiger partial charge on any atom is -0.389 e. The molecule has 0 radical (unpaired) electrons. The number of carbonyl (C=O) groups excluding carboxylic acids is 2. The molecule has 10 nitrogen and oxygen atoms in total. The lowest BCUT2D eigenvalue weighted by Crippen LogP contribution is -2.43. The number of nitrogens with one attached hydrogen (secondary N) is 3. The van der Waals surface area contributed by atoms with Crippen molar-refractivity contribution in [1.29, 1.82) is 0 Å². The summed E-state index contributed by atoms with van der Waals surface area (Å²) in [6, 6.07) is 8.89. The number of benzene rings is 1. The first kappa shape index (κ1) is 23.5. The molecule has 4 rings (SSSR count). The summed E-state index contributed by atoms with van der Waals surface area (Å²) in [5, 5.41) is 9.27. The summed E-state index contributed by atoms with van der Waals surface area (Å²) in [4.78, 5) is 35.5. The number of nitrogens with zero attached hydrogens (tertiary/aromatic N) is 3. The maximum absolute atomic E-state index is 13.0. The number of nitrogen functional groups attached to an aromatic ring is 1. The van der Waals surface area contributed by atoms with Gasteiger partial charge < -0.3 is 32.3 Å². The van der Waals surface area contributed by atoms with Crippen molar-refractivity contribution in [3.05, 3.63) is 48.4 Å². The van der Waals surface area contributed by atoms with Gasteiger partial charge in [-0.05, 0) is 50.1 Å². The van der Waals surface area contributed by atoms with E-state index in [1.54, 1.807) is 24.5 Å². The van der Waals surface area contributed by atoms with Gasteiger partial charge in [0.1, 0.15) is 10.0 Å². The summed E-state index contributed by atoms with van der Waals surface area (Å²) in [6.45, 7) is 3.98. The Morgan fingerprint density at radius 3 is 2.74 bits per heavy atom. The molecule has 178 valence electrons. The summed E-state index contributed by atoms with van der Waals surface area (Å²) in [5.74, 6) is -0.398. The number of amides is 3. The van der Waals surface area contributed by atoms with Crippen molar-refractivity contribution >= 4 is 45.3 Å². The molecule has 11 heteroatoms. The second-order valence-corrected chi connectivity index (χ2v) is 9.02. The zero-order chi connectivity index (χ0) is 24.1. The molecule has 1 unspecified atom stereocenters. The van der Waals surface area contributed by atoms with Gasteiger partial charge in [-0.2, -0.15) is 0 Å². The lowest BCUT2D eigenvalue weighted by molar-refractivity contribution is 0.102. The third-order valence-electron chi connectivity index (χ3n) is 5.44. The Morgan fingerprint density at radius 1 is 1.21 bits per heavy atom. The minimum atomic E-state index is -0.398. The van der Waals surface area contributed by atoms with E-state index in [9.17, 15) is 9.59 Å². The van der Waals surface area contributed by atoms with Crippen LogP contribution < -0.4 is 32.3 Å². The van der Waals surface area contributed by atoms with Gasteiger partial charge in [-0.3, -0.25) is 9.78 Å². The molecular weight excluding hydrogens is 452 g/mol. The molecule has 1 saturated heterocycles. The highest BCUT2D eigenvalue weighted by atomic mass is 32.1. The van der Waals surface area contributed by atoms with Gasteiger partial charge in [-0.1, -0.05) is 11.3 Å². The molecule has 0 saturated carbocycles. The van der Waals surface area contributed by atoms with E-state index in [1.807, 2.05) is 25.1 Å². The van der Waals surface area contributed by atoms with E-state index in [-0.39, 0.29) is 17.8 Å². The third kappa shape index (κ3) is 5.43. The molecule has 3 amide bonds. The van der Waals surface area contributed by atoms with Crippen molar-refractivity contribution in [2.75, 3.05) is 40.9 Å². The highest BCUT2D eigenvalue weighted by Gasteiger charge is 2.22. The van der Waals surface area contributed by atoms with Crippen molar-refractivity contribution in [2.45, 2.75) is 25.8 Å². The van der Waals surface area contributed by atoms with Gasteiger partial charge in [0.2, 0.25) is 0 Å². The molecule has 3 aromatic rings. The van der Waals surface area contributed by atoms with Crippen LogP contribution in [0.4, 0.5) is 26.9 Å². The number of nitrogens with two attached hydrogens (primary N) is 2. The highest BCUT2D eigenvalue weighted by Crippen LogP contribution is 2.32. The van der Waals surface area contributed by atoms with Gasteiger partial charge in [-0.15, -0.1) is 0 Å². The SMILES string of the molecule is CCNC(=O)Nc1ccc(-c2nc(C(=O)Nc3cnccc3N3CCCC(N)C3)c(N)s2)cc1. The fourth-order valence-corrected chi connectivity index (χ4v) is 4.65. The topological polar surface area (TPSA) is 151 Å². The Balaban J connectivity index is 1.49. The molecule has 3 heterocycles. The van der Waals surface area contributed by atoms with Crippen LogP contribution in [0.2, 0.25) is 0 Å². The molecule has 1 aromatic carbocycles. The maximum atomic E-state index is 13.0. The van der Waals surface area contributed by atoms with Crippen molar-refractivity contribution in [3.63, 3.8) is 0 Å². The second kappa shape index (κ2) is 10.5. The maximum Gasteiger partial charge on any atom is 0.319 e. The molecule has 34 heavy (non-hydrogen) atoms. The van der Waals surface area contributed by atoms with Crippen LogP contribution in [0.15, 0.2) is 42.7 Å². The molecule has 0 bridgehead atoms. The molecule has 7 N–H and O–H groups in total. The summed E-state index contributed by atoms with van der Waals surface area (Å²) in [6.07, 6.45) is 5.31. The zero-order valence-corrected chi connectivity index (χ0v) is 19.7. The number of anilines is 4. The number of hydrogen-bond donors (Lipinski definition) is 5. The van der Waals surface area contributed by atoms with Gasteiger partial charge in [0.25, 0.3) is 5.91 Å². The number of urea groups is 1. The number of piperidine rings is 1. The number of aromatic nitrogens is 2. The van der Waals surface area contributed by atoms with E-state index < -0.39 is 5.91 Å². The molecule has 1 fully saturated rings. The monoisotopic (exact) mass is 480 g/mol. The van der Waals surface area contributed by atoms with Crippen LogP contribution in [0.3, 0.4) is 0 Å². The van der Waals surface area contributed by atoms with Gasteiger partial charge in [0, 0.05) is 43.1 Å². The number of thiazole rings is 1. The molecule has 0 spiro atoms. The predicted molar refractivity (Wildman–Crippen MR) is 136 cm³/mol. The standard InChI is InChI=1S/C23H28N8O2S/c1-2-27-23(33)28-16-7-5-14(6-8-16)22-30-19(20(25)34-22)21(32)29-17-12-26-10-9-18(17)31-11-3-4-15(24)13-31/h5-10,12,15H,2-4,11,13,24-25H2,1H3,(H,29,32)(H2,27,28,33). The van der Waals surface area contributed by atoms with E-state index in [2.05, 4.69) is 30.8 Å². The fourth-order valence-electron chi connectivity index (χ4n) is 3.82. The molecule has 0 aliphatic carbocycles. The second-order valence-electron chi connectivity index (χ2n) is 7.99. The average Bonchev–Trinajstić information content (AvgIpc) is 3.22. The summed E-state index contributed by atoms with van der Waals surface area (Å²) < 4.78 is 0. The van der Waals surface area contributed by atoms with E-state index in [1.165, 1.54) is 11.3 Å². The largest absolute Gasteiger partial charge is 0.389 e. The first-order chi connectivity index (χ1) is 16.4. The smallest absolute Gasteiger partial charge is 0.319 e. The van der Waals surface area contributed by atoms with Crippen LogP contribution in [-0.2, 0) is 0 Å². The number of hydrogen-bond acceptors (Lipinski definition) is 8. The zero-order valence-electron chi connectivity index (χ0n) is 18.9. The Labute approximate surface area is 201 Å². The Hall–Kier alpha value is -3.70. The lowest BCUT2D eigenvalue weighted by atomic mass is 10.1. The molecule has 1 aliphatic heterocycles. The summed E-state index contributed by atoms with van der Waals surface area (Å²) >= 11 is 1.23. The van der Waals surface area contributed by atoms with Crippen molar-refractivity contribution in [2.24, 2.45) is 5.73 Å². The third-order valence-corrected chi connectivity index (χ3v) is 6.37. The molecule has 1 aliphatic rings. The normalized spacial score (nSPS) is 15.6. The number of carbonyl (C=O) groups is 2. The Kier molecular flexibility index (Phi) is 7.24. The molecule has 2 aromatic heterocycles. The van der Waals surface area contributed by atoms with Crippen LogP contribution in [0.5, 0.6) is 0 Å². The van der Waals surface area contributed by atoms with E-state index >= 15 is 0 Å². The lowest BCUT2D eigenvalue weighted by Gasteiger charge is -2.33. The first-order valence-corrected chi connectivity index (χ1v) is 11.9. The highest BCUT2D eigenvalue weighted by molar-refractivity contribution is 7.19. The van der Waals surface area contributed by atoms with Gasteiger partial charge in [0.05, 0.1) is 17.6 Å². The Morgan fingerprint density at radius 2 is 2.00 bits per heavy atom. The van der Waals surface area contributed by atoms with E-state index in [0.29, 0.717) is 27.9 Å². The number of rotatable bonds is 6. The van der Waals surface area contributed by atoms with E-state index in [4.69, 9.17) is 11.5 Å². The van der Waals surface area contributed by atoms with Crippen LogP contribution in [-0.4, -0.2) is 47.6 Å². The van der Waals surface area contributed by atoms with Crippen molar-refractivity contribution < 1.29 is 9.59 Å². The van der Waals surface area contributed by atoms with Crippen molar-refractivity contribution in [1.82, 2.24) is 15.3 Å². The van der Waals surface area contributed by atoms with Gasteiger partial charge in [-0.25, -0.2) is 9.78 Å². The van der Waals surface area contributed by atoms with Gasteiger partial charge >= 0.3 is 6.03 Å². The van der Waals surface area contributed by atoms with Crippen LogP contribution >= 0.6 is 11.3 Å². The number of pyridine rings is 1. The summed E-state index contributed by atoms with van der Waals surface area (Å²) in [7, 11) is 0. The van der Waals surface area contributed by atoms with Crippen LogP contribution in [0, 0.1) is 0 Å². The van der Waals surface area contributed by atoms with Gasteiger partial charge in [0.15, 0.2) is 5.69 Å². The van der Waals surface area contributed by atoms with Crippen LogP contribution in [0.1, 0.15) is 30.3 Å². The average molecular weight is 481 g/mol. The Bertz CT molecular complexity index is 1160. The van der Waals surface area contributed by atoms with Crippen molar-refractivity contribution in [3.8, 4) is 10.6 Å².